The summed E-state index contributed by atoms with van der Waals surface area (Å²) in [5.41, 5.74) is 10.4. The molecule has 4 heterocycles. The van der Waals surface area contributed by atoms with Gasteiger partial charge in [-0.05, 0) is 71.8 Å². The first kappa shape index (κ1) is 31.9. The predicted octanol–water partition coefficient (Wildman–Crippen LogP) is 13.9. The fraction of sp³-hybridized carbons (Fsp3) is 0. The van der Waals surface area contributed by atoms with Gasteiger partial charge in [0.25, 0.3) is 0 Å². The summed E-state index contributed by atoms with van der Waals surface area (Å²) in [6, 6.07) is 64.0. The first-order chi connectivity index (χ1) is 28.2. The molecular weight excluding hydrogens is 717 g/mol. The molecule has 12 rings (SSSR count). The van der Waals surface area contributed by atoms with Crippen LogP contribution in [-0.4, -0.2) is 19.5 Å². The molecule has 12 aromatic rings. The summed E-state index contributed by atoms with van der Waals surface area (Å²) in [4.78, 5) is 15.1. The van der Waals surface area contributed by atoms with E-state index in [0.29, 0.717) is 17.5 Å². The molecule has 0 spiro atoms. The van der Waals surface area contributed by atoms with Gasteiger partial charge < -0.3 is 8.98 Å². The van der Waals surface area contributed by atoms with Crippen LogP contribution in [0, 0.1) is 0 Å². The fourth-order valence-corrected chi connectivity index (χ4v) is 9.50. The summed E-state index contributed by atoms with van der Waals surface area (Å²) < 4.78 is 11.0. The Balaban J connectivity index is 0.956. The van der Waals surface area contributed by atoms with Crippen LogP contribution in [0.15, 0.2) is 186 Å². The Hall–Kier alpha value is -7.41. The van der Waals surface area contributed by atoms with E-state index in [0.717, 1.165) is 44.3 Å². The third-order valence-corrected chi connectivity index (χ3v) is 12.2. The highest BCUT2D eigenvalue weighted by Gasteiger charge is 2.17. The molecule has 4 aromatic heterocycles. The second kappa shape index (κ2) is 12.6. The zero-order valence-corrected chi connectivity index (χ0v) is 31.2. The highest BCUT2D eigenvalue weighted by Crippen LogP contribution is 2.40. The highest BCUT2D eigenvalue weighted by molar-refractivity contribution is 7.25. The molecule has 0 amide bonds. The first-order valence-electron chi connectivity index (χ1n) is 19.0. The largest absolute Gasteiger partial charge is 0.456 e. The van der Waals surface area contributed by atoms with Crippen molar-refractivity contribution in [2.24, 2.45) is 0 Å². The summed E-state index contributed by atoms with van der Waals surface area (Å²) in [5.74, 6) is 1.86. The molecule has 6 heteroatoms. The van der Waals surface area contributed by atoms with Gasteiger partial charge in [-0.15, -0.1) is 11.3 Å². The number of fused-ring (bicyclic) bond motifs is 9. The van der Waals surface area contributed by atoms with Gasteiger partial charge in [-0.25, -0.2) is 15.0 Å². The van der Waals surface area contributed by atoms with Crippen LogP contribution < -0.4 is 0 Å². The number of aromatic nitrogens is 4. The zero-order valence-electron chi connectivity index (χ0n) is 30.4. The van der Waals surface area contributed by atoms with Crippen molar-refractivity contribution in [3.8, 4) is 51.0 Å². The van der Waals surface area contributed by atoms with Gasteiger partial charge in [0, 0.05) is 64.1 Å². The number of nitrogens with zero attached hydrogens (tertiary/aromatic N) is 4. The van der Waals surface area contributed by atoms with Crippen LogP contribution in [0.25, 0.3) is 115 Å². The molecule has 0 saturated heterocycles. The van der Waals surface area contributed by atoms with Crippen LogP contribution in [0.2, 0.25) is 0 Å². The molecule has 0 atom stereocenters. The van der Waals surface area contributed by atoms with E-state index in [9.17, 15) is 0 Å². The average molecular weight is 747 g/mol. The molecule has 266 valence electrons. The lowest BCUT2D eigenvalue weighted by atomic mass is 10.0. The second-order valence-corrected chi connectivity index (χ2v) is 15.5. The van der Waals surface area contributed by atoms with Gasteiger partial charge in [0.2, 0.25) is 0 Å². The van der Waals surface area contributed by atoms with Crippen LogP contribution in [0.3, 0.4) is 0 Å². The van der Waals surface area contributed by atoms with Crippen molar-refractivity contribution in [2.45, 2.75) is 0 Å². The standard InChI is InChI=1S/C51H30N4OS/c1-3-11-31(12-4-1)49-52-50(34-20-23-39-38-16-8-10-18-45(38)56-46(39)28-34)54-51(53-49)35-21-25-41-40-24-19-33(29-47(40)57-48(41)30-35)32-22-26-44-42(27-32)37-15-7-9-17-43(37)55(44)36-13-5-2-6-14-36/h1-30H. The minimum absolute atomic E-state index is 0.603. The molecule has 0 unspecified atom stereocenters. The predicted molar refractivity (Wildman–Crippen MR) is 236 cm³/mol. The van der Waals surface area contributed by atoms with Gasteiger partial charge in [0.1, 0.15) is 11.2 Å². The molecule has 0 saturated carbocycles. The van der Waals surface area contributed by atoms with Crippen LogP contribution >= 0.6 is 11.3 Å². The summed E-state index contributed by atoms with van der Waals surface area (Å²) in [7, 11) is 0. The third-order valence-electron chi connectivity index (χ3n) is 11.1. The molecule has 0 N–H and O–H groups in total. The van der Waals surface area contributed by atoms with E-state index in [2.05, 4.69) is 132 Å². The van der Waals surface area contributed by atoms with Crippen molar-refractivity contribution in [3.05, 3.63) is 182 Å². The molecule has 0 aliphatic heterocycles. The molecule has 0 aliphatic carbocycles. The van der Waals surface area contributed by atoms with Crippen LogP contribution in [0.4, 0.5) is 0 Å². The smallest absolute Gasteiger partial charge is 0.164 e. The van der Waals surface area contributed by atoms with Crippen molar-refractivity contribution < 1.29 is 4.42 Å². The topological polar surface area (TPSA) is 56.7 Å². The Labute approximate surface area is 330 Å². The molecule has 0 aliphatic rings. The Morgan fingerprint density at radius 3 is 1.65 bits per heavy atom. The minimum atomic E-state index is 0.603. The van der Waals surface area contributed by atoms with Crippen molar-refractivity contribution in [1.82, 2.24) is 19.5 Å². The average Bonchev–Trinajstić information content (AvgIpc) is 3.95. The third kappa shape index (κ3) is 5.19. The SMILES string of the molecule is c1ccc(-c2nc(-c3ccc4c(c3)oc3ccccc34)nc(-c3ccc4c(c3)sc3cc(-c5ccc6c(c5)c5ccccc5n6-c5ccccc5)ccc34)n2)cc1. The maximum Gasteiger partial charge on any atom is 0.164 e. The molecule has 0 bridgehead atoms. The number of para-hydroxylation sites is 3. The van der Waals surface area contributed by atoms with Crippen molar-refractivity contribution in [3.63, 3.8) is 0 Å². The van der Waals surface area contributed by atoms with Gasteiger partial charge in [0.15, 0.2) is 17.5 Å². The summed E-state index contributed by atoms with van der Waals surface area (Å²) >= 11 is 1.80. The van der Waals surface area contributed by atoms with E-state index in [4.69, 9.17) is 19.4 Å². The quantitative estimate of drug-likeness (QED) is 0.176. The van der Waals surface area contributed by atoms with Crippen molar-refractivity contribution >= 4 is 75.3 Å². The maximum atomic E-state index is 6.24. The lowest BCUT2D eigenvalue weighted by Crippen LogP contribution is -2.00. The first-order valence-corrected chi connectivity index (χ1v) is 19.8. The molecule has 5 nitrogen and oxygen atoms in total. The van der Waals surface area contributed by atoms with Gasteiger partial charge >= 0.3 is 0 Å². The Morgan fingerprint density at radius 1 is 0.351 bits per heavy atom. The summed E-state index contributed by atoms with van der Waals surface area (Å²) in [5, 5.41) is 7.13. The van der Waals surface area contributed by atoms with Gasteiger partial charge in [-0.1, -0.05) is 121 Å². The van der Waals surface area contributed by atoms with E-state index in [-0.39, 0.29) is 0 Å². The van der Waals surface area contributed by atoms with Gasteiger partial charge in [-0.3, -0.25) is 0 Å². The number of benzene rings is 8. The minimum Gasteiger partial charge on any atom is -0.456 e. The fourth-order valence-electron chi connectivity index (χ4n) is 8.32. The monoisotopic (exact) mass is 746 g/mol. The van der Waals surface area contributed by atoms with E-state index < -0.39 is 0 Å². The normalized spacial score (nSPS) is 11.9. The van der Waals surface area contributed by atoms with Gasteiger partial charge in [-0.2, -0.15) is 0 Å². The highest BCUT2D eigenvalue weighted by atomic mass is 32.1. The number of furan rings is 1. The maximum absolute atomic E-state index is 6.24. The molecular formula is C51H30N4OS. The van der Waals surface area contributed by atoms with Crippen LogP contribution in [-0.2, 0) is 0 Å². The molecule has 0 radical (unpaired) electrons. The van der Waals surface area contributed by atoms with Crippen LogP contribution in [0.1, 0.15) is 0 Å². The lowest BCUT2D eigenvalue weighted by molar-refractivity contribution is 0.669. The van der Waals surface area contributed by atoms with Crippen molar-refractivity contribution in [1.29, 1.82) is 0 Å². The molecule has 0 fully saturated rings. The van der Waals surface area contributed by atoms with E-state index in [1.54, 1.807) is 11.3 Å². The van der Waals surface area contributed by atoms with E-state index >= 15 is 0 Å². The number of thiophene rings is 1. The molecule has 57 heavy (non-hydrogen) atoms. The zero-order chi connectivity index (χ0) is 37.5. The Bertz CT molecular complexity index is 3530. The Kier molecular flexibility index (Phi) is 7.03. The molecule has 8 aromatic carbocycles. The number of hydrogen-bond acceptors (Lipinski definition) is 5. The number of rotatable bonds is 5. The van der Waals surface area contributed by atoms with E-state index in [1.807, 2.05) is 54.6 Å². The summed E-state index contributed by atoms with van der Waals surface area (Å²) in [6.07, 6.45) is 0. The van der Waals surface area contributed by atoms with Gasteiger partial charge in [0.05, 0.1) is 11.0 Å². The second-order valence-electron chi connectivity index (χ2n) is 14.4. The summed E-state index contributed by atoms with van der Waals surface area (Å²) in [6.45, 7) is 0. The van der Waals surface area contributed by atoms with Crippen LogP contribution in [0.5, 0.6) is 0 Å². The Morgan fingerprint density at radius 2 is 0.877 bits per heavy atom. The van der Waals surface area contributed by atoms with E-state index in [1.165, 1.54) is 53.1 Å². The number of hydrogen-bond donors (Lipinski definition) is 0. The lowest BCUT2D eigenvalue weighted by Gasteiger charge is -2.08. The van der Waals surface area contributed by atoms with Crippen molar-refractivity contribution in [2.75, 3.05) is 0 Å².